The molecule has 0 saturated heterocycles. The summed E-state index contributed by atoms with van der Waals surface area (Å²) in [6, 6.07) is 66.8. The molecule has 0 spiro atoms. The van der Waals surface area contributed by atoms with E-state index in [2.05, 4.69) is 187 Å². The molecule has 0 aliphatic carbocycles. The van der Waals surface area contributed by atoms with Gasteiger partial charge in [-0.25, -0.2) is 0 Å². The molecule has 226 valence electrons. The minimum atomic E-state index is 0.896. The summed E-state index contributed by atoms with van der Waals surface area (Å²) in [5, 5.41) is 4.50. The van der Waals surface area contributed by atoms with E-state index >= 15 is 0 Å². The molecule has 48 heavy (non-hydrogen) atoms. The molecule has 0 saturated carbocycles. The lowest BCUT2D eigenvalue weighted by molar-refractivity contribution is 0.673. The first-order valence-electron chi connectivity index (χ1n) is 16.3. The molecule has 1 heterocycles. The van der Waals surface area contributed by atoms with Crippen molar-refractivity contribution in [2.75, 3.05) is 4.90 Å². The second-order valence-corrected chi connectivity index (χ2v) is 12.2. The second kappa shape index (κ2) is 11.8. The van der Waals surface area contributed by atoms with Crippen LogP contribution in [0, 0.1) is 0 Å². The van der Waals surface area contributed by atoms with Crippen LogP contribution < -0.4 is 4.90 Å². The first-order chi connectivity index (χ1) is 23.8. The Balaban J connectivity index is 1.23. The number of hydrogen-bond acceptors (Lipinski definition) is 2. The van der Waals surface area contributed by atoms with Gasteiger partial charge in [-0.1, -0.05) is 140 Å². The number of nitrogens with zero attached hydrogens (tertiary/aromatic N) is 1. The van der Waals surface area contributed by atoms with Gasteiger partial charge in [0.2, 0.25) is 0 Å². The fraction of sp³-hybridized carbons (Fsp3) is 0. The van der Waals surface area contributed by atoms with Crippen LogP contribution in [0.5, 0.6) is 0 Å². The van der Waals surface area contributed by atoms with Crippen molar-refractivity contribution in [3.8, 4) is 33.4 Å². The maximum absolute atomic E-state index is 6.68. The highest BCUT2D eigenvalue weighted by molar-refractivity contribution is 6.21. The fourth-order valence-electron chi connectivity index (χ4n) is 6.90. The highest BCUT2D eigenvalue weighted by atomic mass is 16.3. The largest absolute Gasteiger partial charge is 0.455 e. The number of anilines is 3. The van der Waals surface area contributed by atoms with E-state index in [-0.39, 0.29) is 0 Å². The predicted octanol–water partition coefficient (Wildman–Crippen LogP) is 13.2. The van der Waals surface area contributed by atoms with E-state index in [0.29, 0.717) is 0 Å². The molecule has 0 fully saturated rings. The van der Waals surface area contributed by atoms with Crippen LogP contribution >= 0.6 is 0 Å². The van der Waals surface area contributed by atoms with Crippen LogP contribution in [0.25, 0.3) is 66.1 Å². The molecule has 0 aliphatic rings. The molecule has 9 aromatic rings. The molecule has 0 atom stereocenters. The zero-order chi connectivity index (χ0) is 31.9. The lowest BCUT2D eigenvalue weighted by Gasteiger charge is -2.26. The highest BCUT2D eigenvalue weighted by Gasteiger charge is 2.19. The molecular formula is C46H31NO. The van der Waals surface area contributed by atoms with E-state index in [9.17, 15) is 0 Å². The Kier molecular flexibility index (Phi) is 6.84. The fourth-order valence-corrected chi connectivity index (χ4v) is 6.90. The minimum Gasteiger partial charge on any atom is -0.455 e. The predicted molar refractivity (Wildman–Crippen MR) is 202 cm³/mol. The monoisotopic (exact) mass is 613 g/mol. The summed E-state index contributed by atoms with van der Waals surface area (Å²) in [6.45, 7) is 0. The third kappa shape index (κ3) is 4.92. The lowest BCUT2D eigenvalue weighted by atomic mass is 9.95. The standard InChI is InChI=1S/C46H31NO/c1-4-12-32(13-5-1)34-20-25-38(26-21-34)47(39-27-22-35(23-28-39)33-14-6-2-7-15-33)40-29-24-37-30-42(36-16-8-3-9-17-36)45-41-18-10-11-19-44(41)48-46(45)43(37)31-40/h1-31H. The molecule has 0 aliphatic heterocycles. The van der Waals surface area contributed by atoms with Gasteiger partial charge < -0.3 is 9.32 Å². The van der Waals surface area contributed by atoms with E-state index in [0.717, 1.165) is 49.8 Å². The molecule has 2 nitrogen and oxygen atoms in total. The average Bonchev–Trinajstić information content (AvgIpc) is 3.57. The molecule has 8 aromatic carbocycles. The molecule has 0 N–H and O–H groups in total. The van der Waals surface area contributed by atoms with E-state index in [1.807, 2.05) is 6.07 Å². The number of rotatable bonds is 6. The Hall–Kier alpha value is -6.38. The van der Waals surface area contributed by atoms with Crippen LogP contribution in [0.2, 0.25) is 0 Å². The minimum absolute atomic E-state index is 0.896. The summed E-state index contributed by atoms with van der Waals surface area (Å²) in [4.78, 5) is 2.34. The van der Waals surface area contributed by atoms with Crippen molar-refractivity contribution in [2.45, 2.75) is 0 Å². The van der Waals surface area contributed by atoms with Crippen LogP contribution in [0.15, 0.2) is 192 Å². The van der Waals surface area contributed by atoms with Crippen LogP contribution in [-0.2, 0) is 0 Å². The normalized spacial score (nSPS) is 11.3. The highest BCUT2D eigenvalue weighted by Crippen LogP contribution is 2.44. The lowest BCUT2D eigenvalue weighted by Crippen LogP contribution is -2.09. The summed E-state index contributed by atoms with van der Waals surface area (Å²) in [7, 11) is 0. The summed E-state index contributed by atoms with van der Waals surface area (Å²) < 4.78 is 6.68. The van der Waals surface area contributed by atoms with Gasteiger partial charge in [0, 0.05) is 33.2 Å². The van der Waals surface area contributed by atoms with Crippen LogP contribution in [0.3, 0.4) is 0 Å². The Morgan fingerprint density at radius 1 is 0.354 bits per heavy atom. The number of fused-ring (bicyclic) bond motifs is 5. The number of para-hydroxylation sites is 1. The maximum atomic E-state index is 6.68. The van der Waals surface area contributed by atoms with Crippen molar-refractivity contribution in [3.05, 3.63) is 188 Å². The number of furan rings is 1. The van der Waals surface area contributed by atoms with Crippen molar-refractivity contribution < 1.29 is 4.42 Å². The Bertz CT molecular complexity index is 2430. The number of benzene rings is 8. The van der Waals surface area contributed by atoms with E-state index < -0.39 is 0 Å². The third-order valence-corrected chi connectivity index (χ3v) is 9.25. The van der Waals surface area contributed by atoms with Crippen molar-refractivity contribution in [2.24, 2.45) is 0 Å². The van der Waals surface area contributed by atoms with E-state index in [1.165, 1.54) is 33.4 Å². The first kappa shape index (κ1) is 27.9. The van der Waals surface area contributed by atoms with Gasteiger partial charge in [-0.15, -0.1) is 0 Å². The average molecular weight is 614 g/mol. The molecule has 0 unspecified atom stereocenters. The van der Waals surface area contributed by atoms with Gasteiger partial charge in [-0.2, -0.15) is 0 Å². The van der Waals surface area contributed by atoms with Gasteiger partial charge in [0.25, 0.3) is 0 Å². The third-order valence-electron chi connectivity index (χ3n) is 9.25. The smallest absolute Gasteiger partial charge is 0.143 e. The van der Waals surface area contributed by atoms with Gasteiger partial charge in [0.15, 0.2) is 0 Å². The SMILES string of the molecule is c1ccc(-c2ccc(N(c3ccc(-c4ccccc4)cc3)c3ccc4cc(-c5ccccc5)c5c6ccccc6oc5c4c3)cc2)cc1. The second-order valence-electron chi connectivity index (χ2n) is 12.2. The molecule has 2 heteroatoms. The van der Waals surface area contributed by atoms with Gasteiger partial charge in [0.1, 0.15) is 11.2 Å². The van der Waals surface area contributed by atoms with Crippen LogP contribution in [-0.4, -0.2) is 0 Å². The van der Waals surface area contributed by atoms with Crippen molar-refractivity contribution >= 4 is 49.8 Å². The maximum Gasteiger partial charge on any atom is 0.143 e. The number of hydrogen-bond donors (Lipinski definition) is 0. The van der Waals surface area contributed by atoms with Gasteiger partial charge in [-0.05, 0) is 87.3 Å². The zero-order valence-electron chi connectivity index (χ0n) is 26.3. The molecule has 0 amide bonds. The van der Waals surface area contributed by atoms with E-state index in [4.69, 9.17) is 4.42 Å². The van der Waals surface area contributed by atoms with Gasteiger partial charge in [-0.3, -0.25) is 0 Å². The molecule has 1 aromatic heterocycles. The molecular weight excluding hydrogens is 583 g/mol. The van der Waals surface area contributed by atoms with Gasteiger partial charge >= 0.3 is 0 Å². The summed E-state index contributed by atoms with van der Waals surface area (Å²) in [6.07, 6.45) is 0. The van der Waals surface area contributed by atoms with Gasteiger partial charge in [0.05, 0.1) is 0 Å². The summed E-state index contributed by atoms with van der Waals surface area (Å²) >= 11 is 0. The van der Waals surface area contributed by atoms with Crippen molar-refractivity contribution in [3.63, 3.8) is 0 Å². The topological polar surface area (TPSA) is 16.4 Å². The summed E-state index contributed by atoms with van der Waals surface area (Å²) in [5.74, 6) is 0. The zero-order valence-corrected chi connectivity index (χ0v) is 26.3. The van der Waals surface area contributed by atoms with Crippen LogP contribution in [0.4, 0.5) is 17.1 Å². The van der Waals surface area contributed by atoms with E-state index in [1.54, 1.807) is 0 Å². The Morgan fingerprint density at radius 3 is 1.42 bits per heavy atom. The van der Waals surface area contributed by atoms with Crippen molar-refractivity contribution in [1.29, 1.82) is 0 Å². The Morgan fingerprint density at radius 2 is 0.833 bits per heavy atom. The Labute approximate surface area is 279 Å². The quantitative estimate of drug-likeness (QED) is 0.185. The molecule has 0 bridgehead atoms. The first-order valence-corrected chi connectivity index (χ1v) is 16.3. The molecule has 9 rings (SSSR count). The van der Waals surface area contributed by atoms with Crippen molar-refractivity contribution in [1.82, 2.24) is 0 Å². The molecule has 0 radical (unpaired) electrons. The summed E-state index contributed by atoms with van der Waals surface area (Å²) in [5.41, 5.74) is 12.2. The van der Waals surface area contributed by atoms with Crippen LogP contribution in [0.1, 0.15) is 0 Å².